The quantitative estimate of drug-likeness (QED) is 0.889. The Bertz CT molecular complexity index is 554. The second-order valence-electron chi connectivity index (χ2n) is 6.37. The highest BCUT2D eigenvalue weighted by atomic mass is 19.1. The number of nitrogens with one attached hydrogen (secondary N) is 2. The van der Waals surface area contributed by atoms with Crippen LogP contribution >= 0.6 is 0 Å². The second-order valence-corrected chi connectivity index (χ2v) is 6.37. The van der Waals surface area contributed by atoms with Crippen LogP contribution in [0.25, 0.3) is 0 Å². The molecule has 2 aliphatic rings. The van der Waals surface area contributed by atoms with Crippen molar-refractivity contribution in [2.24, 2.45) is 0 Å². The van der Waals surface area contributed by atoms with Gasteiger partial charge in [0.15, 0.2) is 0 Å². The molecule has 0 spiro atoms. The first kappa shape index (κ1) is 14.3. The summed E-state index contributed by atoms with van der Waals surface area (Å²) in [5, 5.41) is 6.28. The molecule has 114 valence electrons. The minimum Gasteiger partial charge on any atom is -0.353 e. The number of benzene rings is 1. The largest absolute Gasteiger partial charge is 0.353 e. The van der Waals surface area contributed by atoms with Gasteiger partial charge in [0, 0.05) is 25.7 Å². The number of rotatable bonds is 4. The summed E-state index contributed by atoms with van der Waals surface area (Å²) in [7, 11) is 0. The van der Waals surface area contributed by atoms with E-state index in [0.29, 0.717) is 31.4 Å². The van der Waals surface area contributed by atoms with Crippen molar-refractivity contribution in [2.75, 3.05) is 18.0 Å². The maximum atomic E-state index is 14.4. The molecule has 3 rings (SSSR count). The molecule has 1 amide bonds. The van der Waals surface area contributed by atoms with Crippen molar-refractivity contribution < 1.29 is 9.18 Å². The van der Waals surface area contributed by atoms with Gasteiger partial charge in [0.05, 0.1) is 5.69 Å². The number of hydrogen-bond acceptors (Lipinski definition) is 3. The third-order valence-electron chi connectivity index (χ3n) is 4.35. The first-order chi connectivity index (χ1) is 10.00. The summed E-state index contributed by atoms with van der Waals surface area (Å²) < 4.78 is 14.4. The molecule has 1 aliphatic heterocycles. The van der Waals surface area contributed by atoms with Gasteiger partial charge in [-0.2, -0.15) is 0 Å². The Morgan fingerprint density at radius 1 is 1.43 bits per heavy atom. The standard InChI is InChI=1S/C16H22FN3O/c1-16(2)15(21)18-8-9-20(16)14-11(4-3-5-13(14)17)10-19-12-6-7-12/h3-5,12,19H,6-10H2,1-2H3,(H,18,21). The molecule has 1 saturated carbocycles. The predicted molar refractivity (Wildman–Crippen MR) is 80.7 cm³/mol. The minimum absolute atomic E-state index is 0.0573. The molecule has 2 fully saturated rings. The molecule has 1 saturated heterocycles. The fourth-order valence-electron chi connectivity index (χ4n) is 2.84. The first-order valence-corrected chi connectivity index (χ1v) is 7.57. The highest BCUT2D eigenvalue weighted by Crippen LogP contribution is 2.32. The Morgan fingerprint density at radius 3 is 2.90 bits per heavy atom. The van der Waals surface area contributed by atoms with Crippen molar-refractivity contribution in [3.63, 3.8) is 0 Å². The highest BCUT2D eigenvalue weighted by molar-refractivity contribution is 5.90. The molecule has 1 aromatic rings. The van der Waals surface area contributed by atoms with Gasteiger partial charge < -0.3 is 15.5 Å². The van der Waals surface area contributed by atoms with Crippen LogP contribution in [0.5, 0.6) is 0 Å². The molecule has 0 unspecified atom stereocenters. The zero-order valence-electron chi connectivity index (χ0n) is 12.6. The van der Waals surface area contributed by atoms with E-state index in [1.165, 1.54) is 18.9 Å². The van der Waals surface area contributed by atoms with E-state index in [2.05, 4.69) is 10.6 Å². The lowest BCUT2D eigenvalue weighted by Gasteiger charge is -2.43. The molecule has 0 radical (unpaired) electrons. The van der Waals surface area contributed by atoms with Crippen LogP contribution in [0.2, 0.25) is 0 Å². The van der Waals surface area contributed by atoms with Crippen LogP contribution in [0.4, 0.5) is 10.1 Å². The average molecular weight is 291 g/mol. The van der Waals surface area contributed by atoms with Gasteiger partial charge in [-0.25, -0.2) is 4.39 Å². The Balaban J connectivity index is 1.93. The molecule has 2 N–H and O–H groups in total. The lowest BCUT2D eigenvalue weighted by atomic mass is 9.96. The van der Waals surface area contributed by atoms with Gasteiger partial charge in [0.1, 0.15) is 11.4 Å². The van der Waals surface area contributed by atoms with Gasteiger partial charge in [-0.1, -0.05) is 12.1 Å². The average Bonchev–Trinajstić information content (AvgIpc) is 3.25. The number of halogens is 1. The van der Waals surface area contributed by atoms with Gasteiger partial charge in [-0.15, -0.1) is 0 Å². The van der Waals surface area contributed by atoms with E-state index < -0.39 is 5.54 Å². The topological polar surface area (TPSA) is 44.4 Å². The van der Waals surface area contributed by atoms with E-state index in [1.807, 2.05) is 24.8 Å². The van der Waals surface area contributed by atoms with Crippen LogP contribution in [-0.4, -0.2) is 30.6 Å². The fraction of sp³-hybridized carbons (Fsp3) is 0.562. The molecule has 1 aromatic carbocycles. The van der Waals surface area contributed by atoms with E-state index in [1.54, 1.807) is 6.07 Å². The molecule has 0 bridgehead atoms. The summed E-state index contributed by atoms with van der Waals surface area (Å²) in [6.07, 6.45) is 2.39. The van der Waals surface area contributed by atoms with E-state index >= 15 is 0 Å². The van der Waals surface area contributed by atoms with E-state index in [0.717, 1.165) is 5.56 Å². The first-order valence-electron chi connectivity index (χ1n) is 7.57. The van der Waals surface area contributed by atoms with Crippen molar-refractivity contribution >= 4 is 11.6 Å². The predicted octanol–water partition coefficient (Wildman–Crippen LogP) is 1.79. The molecular weight excluding hydrogens is 269 g/mol. The molecule has 5 heteroatoms. The molecule has 4 nitrogen and oxygen atoms in total. The lowest BCUT2D eigenvalue weighted by molar-refractivity contribution is -0.126. The zero-order chi connectivity index (χ0) is 15.0. The Morgan fingerprint density at radius 2 is 2.19 bits per heavy atom. The number of para-hydroxylation sites is 1. The molecule has 0 atom stereocenters. The highest BCUT2D eigenvalue weighted by Gasteiger charge is 2.39. The second kappa shape index (κ2) is 5.30. The molecule has 21 heavy (non-hydrogen) atoms. The van der Waals surface area contributed by atoms with Gasteiger partial charge in [0.2, 0.25) is 5.91 Å². The van der Waals surface area contributed by atoms with Crippen LogP contribution in [-0.2, 0) is 11.3 Å². The van der Waals surface area contributed by atoms with Crippen molar-refractivity contribution in [1.82, 2.24) is 10.6 Å². The van der Waals surface area contributed by atoms with Gasteiger partial charge in [0.25, 0.3) is 0 Å². The number of carbonyl (C=O) groups is 1. The number of nitrogens with zero attached hydrogens (tertiary/aromatic N) is 1. The van der Waals surface area contributed by atoms with Gasteiger partial charge in [-0.3, -0.25) is 4.79 Å². The number of piperazine rings is 1. The van der Waals surface area contributed by atoms with Crippen molar-refractivity contribution in [2.45, 2.75) is 44.8 Å². The monoisotopic (exact) mass is 291 g/mol. The summed E-state index contributed by atoms with van der Waals surface area (Å²) in [5.74, 6) is -0.314. The SMILES string of the molecule is CC1(C)C(=O)NCCN1c1c(F)cccc1CNC1CC1. The van der Waals surface area contributed by atoms with Gasteiger partial charge >= 0.3 is 0 Å². The van der Waals surface area contributed by atoms with E-state index in [-0.39, 0.29) is 11.7 Å². The lowest BCUT2D eigenvalue weighted by Crippen LogP contribution is -2.62. The number of anilines is 1. The Hall–Kier alpha value is -1.62. The summed E-state index contributed by atoms with van der Waals surface area (Å²) in [6, 6.07) is 5.72. The van der Waals surface area contributed by atoms with Crippen LogP contribution < -0.4 is 15.5 Å². The Labute approximate surface area is 124 Å². The third-order valence-corrected chi connectivity index (χ3v) is 4.35. The van der Waals surface area contributed by atoms with Crippen LogP contribution in [0.15, 0.2) is 18.2 Å². The molecule has 1 heterocycles. The smallest absolute Gasteiger partial charge is 0.245 e. The maximum Gasteiger partial charge on any atom is 0.245 e. The van der Waals surface area contributed by atoms with Crippen LogP contribution in [0, 0.1) is 5.82 Å². The number of carbonyl (C=O) groups excluding carboxylic acids is 1. The van der Waals surface area contributed by atoms with Crippen molar-refractivity contribution in [1.29, 1.82) is 0 Å². The normalized spacial score (nSPS) is 21.3. The number of hydrogen-bond donors (Lipinski definition) is 2. The summed E-state index contributed by atoms with van der Waals surface area (Å²) in [5.41, 5.74) is 0.740. The van der Waals surface area contributed by atoms with Gasteiger partial charge in [-0.05, 0) is 38.3 Å². The Kier molecular flexibility index (Phi) is 3.61. The molecule has 0 aromatic heterocycles. The van der Waals surface area contributed by atoms with E-state index in [4.69, 9.17) is 0 Å². The third kappa shape index (κ3) is 2.75. The zero-order valence-corrected chi connectivity index (χ0v) is 12.6. The maximum absolute atomic E-state index is 14.4. The summed E-state index contributed by atoms with van der Waals surface area (Å²) in [4.78, 5) is 14.0. The fourth-order valence-corrected chi connectivity index (χ4v) is 2.84. The summed E-state index contributed by atoms with van der Waals surface area (Å²) in [6.45, 7) is 5.49. The van der Waals surface area contributed by atoms with E-state index in [9.17, 15) is 9.18 Å². The molecule has 1 aliphatic carbocycles. The summed E-state index contributed by atoms with van der Waals surface area (Å²) >= 11 is 0. The van der Waals surface area contributed by atoms with Crippen LogP contribution in [0.1, 0.15) is 32.3 Å². The minimum atomic E-state index is -0.741. The van der Waals surface area contributed by atoms with Crippen LogP contribution in [0.3, 0.4) is 0 Å². The molecular formula is C16H22FN3O. The van der Waals surface area contributed by atoms with Crippen molar-refractivity contribution in [3.05, 3.63) is 29.6 Å². The van der Waals surface area contributed by atoms with Crippen molar-refractivity contribution in [3.8, 4) is 0 Å². The number of amides is 1.